The number of carbonyl (C=O) groups excluding carboxylic acids is 3. The number of aromatic nitrogens is 2. The number of rotatable bonds is 3. The van der Waals surface area contributed by atoms with Gasteiger partial charge in [0.1, 0.15) is 5.82 Å². The third kappa shape index (κ3) is 1.71. The van der Waals surface area contributed by atoms with Crippen molar-refractivity contribution in [3.8, 4) is 0 Å². The van der Waals surface area contributed by atoms with Gasteiger partial charge in [0.05, 0.1) is 0 Å². The summed E-state index contributed by atoms with van der Waals surface area (Å²) in [4.78, 5) is 40.7. The molecule has 1 aliphatic rings. The Morgan fingerprint density at radius 2 is 2.13 bits per heavy atom. The van der Waals surface area contributed by atoms with Gasteiger partial charge < -0.3 is 4.98 Å². The summed E-state index contributed by atoms with van der Waals surface area (Å²) in [5.74, 6) is -1.03. The van der Waals surface area contributed by atoms with Crippen LogP contribution in [0.25, 0.3) is 0 Å². The monoisotopic (exact) mass is 208 g/mol. The number of urea groups is 1. The molecule has 7 nitrogen and oxygen atoms in total. The molecule has 1 aromatic heterocycles. The van der Waals surface area contributed by atoms with Gasteiger partial charge in [-0.1, -0.05) is 0 Å². The molecule has 78 valence electrons. The smallest absolute Gasteiger partial charge is 0.331 e. The van der Waals surface area contributed by atoms with E-state index >= 15 is 0 Å². The fraction of sp³-hybridized carbons (Fsp3) is 0.250. The molecule has 0 bridgehead atoms. The van der Waals surface area contributed by atoms with Gasteiger partial charge in [0.2, 0.25) is 0 Å². The van der Waals surface area contributed by atoms with E-state index in [0.717, 1.165) is 4.90 Å². The van der Waals surface area contributed by atoms with Crippen LogP contribution in [0.1, 0.15) is 5.82 Å². The number of imidazole rings is 1. The zero-order valence-corrected chi connectivity index (χ0v) is 7.69. The standard InChI is InChI=1S/C8H8N4O3/c13-6-7(14)12(8(15)11-6)4-1-5-9-2-3-10-5/h2-3H,1,4H2,(H,9,10)(H,11,13,15). The lowest BCUT2D eigenvalue weighted by atomic mass is 10.4. The maximum absolute atomic E-state index is 11.1. The largest absolute Gasteiger partial charge is 0.349 e. The molecule has 0 aliphatic carbocycles. The topological polar surface area (TPSA) is 95.2 Å². The predicted molar refractivity (Wildman–Crippen MR) is 47.5 cm³/mol. The molecule has 2 heterocycles. The van der Waals surface area contributed by atoms with Gasteiger partial charge in [0, 0.05) is 25.4 Å². The van der Waals surface area contributed by atoms with Gasteiger partial charge in [0.25, 0.3) is 0 Å². The number of H-pyrrole nitrogens is 1. The molecule has 1 aromatic rings. The number of nitrogens with one attached hydrogen (secondary N) is 2. The molecule has 1 aliphatic heterocycles. The molecule has 0 spiro atoms. The summed E-state index contributed by atoms with van der Waals surface area (Å²) in [6.45, 7) is 0.143. The Morgan fingerprint density at radius 1 is 1.33 bits per heavy atom. The molecular weight excluding hydrogens is 200 g/mol. The maximum Gasteiger partial charge on any atom is 0.331 e. The molecule has 0 unspecified atom stereocenters. The van der Waals surface area contributed by atoms with Crippen molar-refractivity contribution >= 4 is 17.8 Å². The van der Waals surface area contributed by atoms with Crippen LogP contribution in [0.4, 0.5) is 4.79 Å². The van der Waals surface area contributed by atoms with Gasteiger partial charge in [-0.3, -0.25) is 19.8 Å². The molecule has 0 aromatic carbocycles. The number of hydrogen-bond donors (Lipinski definition) is 2. The minimum atomic E-state index is -0.876. The number of imide groups is 2. The third-order valence-electron chi connectivity index (χ3n) is 2.03. The van der Waals surface area contributed by atoms with Crippen LogP contribution in [0.2, 0.25) is 0 Å². The van der Waals surface area contributed by atoms with Crippen LogP contribution in [0.3, 0.4) is 0 Å². The molecule has 15 heavy (non-hydrogen) atoms. The van der Waals surface area contributed by atoms with Crippen molar-refractivity contribution in [2.75, 3.05) is 6.54 Å². The Balaban J connectivity index is 1.98. The van der Waals surface area contributed by atoms with E-state index in [1.807, 2.05) is 5.32 Å². The summed E-state index contributed by atoms with van der Waals surface area (Å²) in [6.07, 6.45) is 3.62. The first-order valence-corrected chi connectivity index (χ1v) is 4.33. The highest BCUT2D eigenvalue weighted by atomic mass is 16.2. The third-order valence-corrected chi connectivity index (χ3v) is 2.03. The van der Waals surface area contributed by atoms with Crippen LogP contribution in [-0.2, 0) is 16.0 Å². The van der Waals surface area contributed by atoms with Crippen molar-refractivity contribution in [3.63, 3.8) is 0 Å². The van der Waals surface area contributed by atoms with E-state index < -0.39 is 17.8 Å². The summed E-state index contributed by atoms with van der Waals surface area (Å²) < 4.78 is 0. The Bertz CT molecular complexity index is 412. The van der Waals surface area contributed by atoms with Crippen molar-refractivity contribution in [1.82, 2.24) is 20.2 Å². The van der Waals surface area contributed by atoms with Crippen molar-refractivity contribution < 1.29 is 14.4 Å². The summed E-state index contributed by atoms with van der Waals surface area (Å²) in [6, 6.07) is -0.670. The van der Waals surface area contributed by atoms with Crippen LogP contribution in [0.15, 0.2) is 12.4 Å². The van der Waals surface area contributed by atoms with E-state index in [1.54, 1.807) is 12.4 Å². The first kappa shape index (κ1) is 9.38. The van der Waals surface area contributed by atoms with Crippen LogP contribution in [0.5, 0.6) is 0 Å². The second-order valence-corrected chi connectivity index (χ2v) is 3.00. The van der Waals surface area contributed by atoms with Crippen molar-refractivity contribution in [2.24, 2.45) is 0 Å². The average molecular weight is 208 g/mol. The lowest BCUT2D eigenvalue weighted by molar-refractivity contribution is -0.140. The van der Waals surface area contributed by atoms with Gasteiger partial charge >= 0.3 is 17.8 Å². The van der Waals surface area contributed by atoms with Crippen LogP contribution >= 0.6 is 0 Å². The summed E-state index contributed by atoms with van der Waals surface area (Å²) >= 11 is 0. The minimum Gasteiger partial charge on any atom is -0.349 e. The lowest BCUT2D eigenvalue weighted by Crippen LogP contribution is -2.33. The summed E-state index contributed by atoms with van der Waals surface area (Å²) in [5, 5.41) is 1.91. The second kappa shape index (κ2) is 3.52. The van der Waals surface area contributed by atoms with Crippen LogP contribution < -0.4 is 5.32 Å². The molecule has 2 N–H and O–H groups in total. The fourth-order valence-corrected chi connectivity index (χ4v) is 1.29. The molecule has 7 heteroatoms. The SMILES string of the molecule is O=C1NC(=O)N(CCc2ncc[nH]2)C1=O. The first-order chi connectivity index (χ1) is 7.18. The van der Waals surface area contributed by atoms with Crippen molar-refractivity contribution in [1.29, 1.82) is 0 Å². The van der Waals surface area contributed by atoms with Gasteiger partial charge in [-0.2, -0.15) is 0 Å². The molecule has 1 saturated heterocycles. The number of carbonyl (C=O) groups is 3. The lowest BCUT2D eigenvalue weighted by Gasteiger charge is -2.09. The molecule has 0 atom stereocenters. The first-order valence-electron chi connectivity index (χ1n) is 4.33. The highest BCUT2D eigenvalue weighted by Gasteiger charge is 2.36. The number of hydrogen-bond acceptors (Lipinski definition) is 4. The molecule has 1 fully saturated rings. The molecular formula is C8H8N4O3. The van der Waals surface area contributed by atoms with Gasteiger partial charge in [-0.05, 0) is 0 Å². The van der Waals surface area contributed by atoms with E-state index in [0.29, 0.717) is 12.2 Å². The quantitative estimate of drug-likeness (QED) is 0.493. The normalized spacial score (nSPS) is 16.0. The van der Waals surface area contributed by atoms with Gasteiger partial charge in [-0.25, -0.2) is 9.78 Å². The molecule has 0 saturated carbocycles. The Kier molecular flexibility index (Phi) is 2.20. The summed E-state index contributed by atoms with van der Waals surface area (Å²) in [7, 11) is 0. The average Bonchev–Trinajstić information content (AvgIpc) is 2.76. The molecule has 2 rings (SSSR count). The highest BCUT2D eigenvalue weighted by molar-refractivity contribution is 6.44. The zero-order chi connectivity index (χ0) is 10.8. The van der Waals surface area contributed by atoms with Crippen molar-refractivity contribution in [3.05, 3.63) is 18.2 Å². The van der Waals surface area contributed by atoms with Gasteiger partial charge in [-0.15, -0.1) is 0 Å². The maximum atomic E-state index is 11.1. The Labute approximate surface area is 84.5 Å². The van der Waals surface area contributed by atoms with E-state index in [1.165, 1.54) is 0 Å². The van der Waals surface area contributed by atoms with Crippen molar-refractivity contribution in [2.45, 2.75) is 6.42 Å². The predicted octanol–water partition coefficient (Wildman–Crippen LogP) is -0.969. The molecule has 4 amide bonds. The summed E-state index contributed by atoms with van der Waals surface area (Å²) in [5.41, 5.74) is 0. The van der Waals surface area contributed by atoms with E-state index in [-0.39, 0.29) is 6.54 Å². The van der Waals surface area contributed by atoms with Gasteiger partial charge in [0.15, 0.2) is 0 Å². The second-order valence-electron chi connectivity index (χ2n) is 3.00. The van der Waals surface area contributed by atoms with E-state index in [9.17, 15) is 14.4 Å². The fourth-order valence-electron chi connectivity index (χ4n) is 1.29. The van der Waals surface area contributed by atoms with Crippen LogP contribution in [0, 0.1) is 0 Å². The van der Waals surface area contributed by atoms with Crippen LogP contribution in [-0.4, -0.2) is 39.3 Å². The number of amides is 4. The highest BCUT2D eigenvalue weighted by Crippen LogP contribution is 2.02. The van der Waals surface area contributed by atoms with E-state index in [2.05, 4.69) is 9.97 Å². The Hall–Kier alpha value is -2.18. The molecule has 0 radical (unpaired) electrons. The number of aromatic amines is 1. The Morgan fingerprint density at radius 3 is 2.67 bits per heavy atom. The zero-order valence-electron chi connectivity index (χ0n) is 7.69. The minimum absolute atomic E-state index is 0.143. The number of nitrogens with zero attached hydrogens (tertiary/aromatic N) is 2. The van der Waals surface area contributed by atoms with E-state index in [4.69, 9.17) is 0 Å².